The molecule has 2 heterocycles. The van der Waals surface area contributed by atoms with Gasteiger partial charge >= 0.3 is 0 Å². The van der Waals surface area contributed by atoms with Gasteiger partial charge < -0.3 is 4.90 Å². The number of anilines is 1. The molecule has 1 aliphatic carbocycles. The minimum absolute atomic E-state index is 0.355. The fraction of sp³-hybridized carbons (Fsp3) is 0.765. The van der Waals surface area contributed by atoms with Crippen LogP contribution in [0.5, 0.6) is 0 Å². The molecule has 1 unspecified atom stereocenters. The molecule has 1 saturated heterocycles. The SMILES string of the molecule is Cc1nc2c(c(N3CCCCC3CCNS(C)(=O)=O)n1)CCCC2. The summed E-state index contributed by atoms with van der Waals surface area (Å²) in [6.07, 6.45) is 10.1. The number of rotatable bonds is 5. The van der Waals surface area contributed by atoms with Crippen molar-refractivity contribution in [2.75, 3.05) is 24.2 Å². The monoisotopic (exact) mass is 352 g/mol. The molecule has 24 heavy (non-hydrogen) atoms. The van der Waals surface area contributed by atoms with Crippen molar-refractivity contribution < 1.29 is 8.42 Å². The Morgan fingerprint density at radius 3 is 2.75 bits per heavy atom. The van der Waals surface area contributed by atoms with Crippen LogP contribution >= 0.6 is 0 Å². The predicted octanol–water partition coefficient (Wildman–Crippen LogP) is 1.96. The zero-order valence-electron chi connectivity index (χ0n) is 14.7. The van der Waals surface area contributed by atoms with Crippen LogP contribution in [-0.4, -0.2) is 43.8 Å². The molecule has 1 atom stereocenters. The van der Waals surface area contributed by atoms with E-state index in [2.05, 4.69) is 14.6 Å². The molecule has 1 aromatic heterocycles. The van der Waals surface area contributed by atoms with Crippen molar-refractivity contribution in [3.8, 4) is 0 Å². The van der Waals surface area contributed by atoms with Gasteiger partial charge in [-0.25, -0.2) is 23.1 Å². The van der Waals surface area contributed by atoms with E-state index in [1.54, 1.807) is 0 Å². The number of nitrogens with one attached hydrogen (secondary N) is 1. The van der Waals surface area contributed by atoms with Gasteiger partial charge in [0.25, 0.3) is 0 Å². The van der Waals surface area contributed by atoms with Crippen LogP contribution in [0.3, 0.4) is 0 Å². The van der Waals surface area contributed by atoms with E-state index in [0.29, 0.717) is 12.6 Å². The molecule has 1 N–H and O–H groups in total. The lowest BCUT2D eigenvalue weighted by molar-refractivity contribution is 0.431. The lowest BCUT2D eigenvalue weighted by Crippen LogP contribution is -2.43. The molecular formula is C17H28N4O2S. The van der Waals surface area contributed by atoms with Crippen molar-refractivity contribution in [2.24, 2.45) is 0 Å². The first-order chi connectivity index (χ1) is 11.4. The minimum atomic E-state index is -3.12. The molecular weight excluding hydrogens is 324 g/mol. The maximum atomic E-state index is 11.3. The highest BCUT2D eigenvalue weighted by atomic mass is 32.2. The maximum absolute atomic E-state index is 11.3. The normalized spacial score (nSPS) is 21.6. The summed E-state index contributed by atoms with van der Waals surface area (Å²) >= 11 is 0. The van der Waals surface area contributed by atoms with Crippen LogP contribution in [0, 0.1) is 6.92 Å². The van der Waals surface area contributed by atoms with Gasteiger partial charge in [0.05, 0.1) is 6.26 Å². The van der Waals surface area contributed by atoms with Gasteiger partial charge in [-0.3, -0.25) is 0 Å². The van der Waals surface area contributed by atoms with E-state index in [4.69, 9.17) is 4.98 Å². The van der Waals surface area contributed by atoms with E-state index in [9.17, 15) is 8.42 Å². The number of aromatic nitrogens is 2. The van der Waals surface area contributed by atoms with Crippen molar-refractivity contribution >= 4 is 15.8 Å². The van der Waals surface area contributed by atoms with Crippen molar-refractivity contribution in [2.45, 2.75) is 64.3 Å². The molecule has 1 aromatic rings. The van der Waals surface area contributed by atoms with Crippen molar-refractivity contribution in [3.05, 3.63) is 17.1 Å². The third-order valence-electron chi connectivity index (χ3n) is 5.01. The predicted molar refractivity (Wildman–Crippen MR) is 95.9 cm³/mol. The van der Waals surface area contributed by atoms with E-state index in [-0.39, 0.29) is 0 Å². The van der Waals surface area contributed by atoms with Gasteiger partial charge in [-0.2, -0.15) is 0 Å². The second kappa shape index (κ2) is 7.35. The second-order valence-electron chi connectivity index (χ2n) is 7.02. The first-order valence-corrected chi connectivity index (χ1v) is 10.9. The number of sulfonamides is 1. The molecule has 1 fully saturated rings. The van der Waals surface area contributed by atoms with Crippen molar-refractivity contribution in [3.63, 3.8) is 0 Å². The zero-order valence-corrected chi connectivity index (χ0v) is 15.5. The van der Waals surface area contributed by atoms with Gasteiger partial charge in [0, 0.05) is 30.4 Å². The van der Waals surface area contributed by atoms with E-state index >= 15 is 0 Å². The largest absolute Gasteiger partial charge is 0.353 e. The Balaban J connectivity index is 1.81. The Morgan fingerprint density at radius 1 is 1.17 bits per heavy atom. The Labute approximate surface area is 145 Å². The third kappa shape index (κ3) is 4.25. The van der Waals surface area contributed by atoms with Crippen LogP contribution in [0.25, 0.3) is 0 Å². The summed E-state index contributed by atoms with van der Waals surface area (Å²) in [4.78, 5) is 11.9. The van der Waals surface area contributed by atoms with E-state index in [1.807, 2.05) is 6.92 Å². The molecule has 0 amide bonds. The molecule has 0 bridgehead atoms. The summed E-state index contributed by atoms with van der Waals surface area (Å²) in [5.41, 5.74) is 2.55. The van der Waals surface area contributed by atoms with Gasteiger partial charge in [-0.1, -0.05) is 0 Å². The Morgan fingerprint density at radius 2 is 1.96 bits per heavy atom. The topological polar surface area (TPSA) is 75.2 Å². The molecule has 2 aliphatic rings. The highest BCUT2D eigenvalue weighted by Crippen LogP contribution is 2.32. The fourth-order valence-corrected chi connectivity index (χ4v) is 4.41. The number of hydrogen-bond donors (Lipinski definition) is 1. The molecule has 0 aromatic carbocycles. The second-order valence-corrected chi connectivity index (χ2v) is 8.86. The van der Waals surface area contributed by atoms with Crippen LogP contribution < -0.4 is 9.62 Å². The van der Waals surface area contributed by atoms with Crippen LogP contribution in [0.15, 0.2) is 0 Å². The standard InChI is InChI=1S/C17H28N4O2S/c1-13-19-16-9-4-3-8-15(16)17(20-13)21-12-6-5-7-14(21)10-11-18-24(2,22)23/h14,18H,3-12H2,1-2H3. The van der Waals surface area contributed by atoms with Crippen LogP contribution in [0.4, 0.5) is 5.82 Å². The van der Waals surface area contributed by atoms with Crippen molar-refractivity contribution in [1.82, 2.24) is 14.7 Å². The Bertz CT molecular complexity index is 690. The van der Waals surface area contributed by atoms with Gasteiger partial charge in [-0.05, 0) is 58.3 Å². The molecule has 6 nitrogen and oxygen atoms in total. The quantitative estimate of drug-likeness (QED) is 0.877. The lowest BCUT2D eigenvalue weighted by Gasteiger charge is -2.38. The number of hydrogen-bond acceptors (Lipinski definition) is 5. The number of nitrogens with zero attached hydrogens (tertiary/aromatic N) is 3. The summed E-state index contributed by atoms with van der Waals surface area (Å²) in [5.74, 6) is 1.96. The molecule has 7 heteroatoms. The summed E-state index contributed by atoms with van der Waals surface area (Å²) in [6, 6.07) is 0.355. The molecule has 3 rings (SSSR count). The number of fused-ring (bicyclic) bond motifs is 1. The molecule has 0 saturated carbocycles. The molecule has 0 radical (unpaired) electrons. The third-order valence-corrected chi connectivity index (χ3v) is 5.74. The van der Waals surface area contributed by atoms with Crippen LogP contribution in [0.2, 0.25) is 0 Å². The van der Waals surface area contributed by atoms with E-state index < -0.39 is 10.0 Å². The summed E-state index contributed by atoms with van der Waals surface area (Å²) < 4.78 is 25.3. The number of aryl methyl sites for hydroxylation is 2. The fourth-order valence-electron chi connectivity index (χ4n) is 3.92. The first kappa shape index (κ1) is 17.6. The van der Waals surface area contributed by atoms with Gasteiger partial charge in [0.1, 0.15) is 11.6 Å². The highest BCUT2D eigenvalue weighted by Gasteiger charge is 2.28. The lowest BCUT2D eigenvalue weighted by atomic mass is 9.93. The highest BCUT2D eigenvalue weighted by molar-refractivity contribution is 7.88. The molecule has 134 valence electrons. The van der Waals surface area contributed by atoms with E-state index in [0.717, 1.165) is 43.9 Å². The van der Waals surface area contributed by atoms with Gasteiger partial charge in [0.15, 0.2) is 0 Å². The van der Waals surface area contributed by atoms with Crippen LogP contribution in [0.1, 0.15) is 55.6 Å². The Hall–Kier alpha value is -1.21. The van der Waals surface area contributed by atoms with Crippen LogP contribution in [-0.2, 0) is 22.9 Å². The smallest absolute Gasteiger partial charge is 0.208 e. The minimum Gasteiger partial charge on any atom is -0.353 e. The molecule has 0 spiro atoms. The van der Waals surface area contributed by atoms with E-state index in [1.165, 1.54) is 43.2 Å². The zero-order chi connectivity index (χ0) is 17.2. The maximum Gasteiger partial charge on any atom is 0.208 e. The average Bonchev–Trinajstić information content (AvgIpc) is 2.53. The molecule has 1 aliphatic heterocycles. The number of piperidine rings is 1. The summed E-state index contributed by atoms with van der Waals surface area (Å²) in [6.45, 7) is 3.47. The summed E-state index contributed by atoms with van der Waals surface area (Å²) in [7, 11) is -3.12. The average molecular weight is 353 g/mol. The van der Waals surface area contributed by atoms with Crippen molar-refractivity contribution in [1.29, 1.82) is 0 Å². The summed E-state index contributed by atoms with van der Waals surface area (Å²) in [5, 5.41) is 0. The van der Waals surface area contributed by atoms with Gasteiger partial charge in [-0.15, -0.1) is 0 Å². The van der Waals surface area contributed by atoms with Gasteiger partial charge in [0.2, 0.25) is 10.0 Å². The Kier molecular flexibility index (Phi) is 5.39. The first-order valence-electron chi connectivity index (χ1n) is 9.02.